The molecule has 0 spiro atoms. The van der Waals surface area contributed by atoms with E-state index in [0.29, 0.717) is 5.39 Å². The van der Waals surface area contributed by atoms with Crippen LogP contribution in [-0.2, 0) is 6.54 Å². The Morgan fingerprint density at radius 3 is 3.11 bits per heavy atom. The summed E-state index contributed by atoms with van der Waals surface area (Å²) in [6.07, 6.45) is 3.83. The van der Waals surface area contributed by atoms with Crippen molar-refractivity contribution in [1.29, 1.82) is 0 Å². The SMILES string of the molecule is OCC1CCCN1Cc1ccc(F)c2cccnc12. The van der Waals surface area contributed by atoms with Crippen molar-refractivity contribution in [3.8, 4) is 0 Å². The highest BCUT2D eigenvalue weighted by Crippen LogP contribution is 2.24. The van der Waals surface area contributed by atoms with Crippen molar-refractivity contribution >= 4 is 10.9 Å². The number of aromatic nitrogens is 1. The molecule has 1 aromatic carbocycles. The summed E-state index contributed by atoms with van der Waals surface area (Å²) in [5.74, 6) is -0.230. The van der Waals surface area contributed by atoms with Crippen LogP contribution in [-0.4, -0.2) is 34.2 Å². The van der Waals surface area contributed by atoms with Crippen molar-refractivity contribution in [3.63, 3.8) is 0 Å². The Balaban J connectivity index is 1.95. The topological polar surface area (TPSA) is 36.4 Å². The second kappa shape index (κ2) is 5.23. The molecule has 1 unspecified atom stereocenters. The lowest BCUT2D eigenvalue weighted by Crippen LogP contribution is -2.31. The summed E-state index contributed by atoms with van der Waals surface area (Å²) in [5, 5.41) is 9.92. The Kier molecular flexibility index (Phi) is 3.44. The van der Waals surface area contributed by atoms with Crippen LogP contribution in [0.3, 0.4) is 0 Å². The van der Waals surface area contributed by atoms with Gasteiger partial charge in [0.15, 0.2) is 0 Å². The summed E-state index contributed by atoms with van der Waals surface area (Å²) < 4.78 is 13.7. The van der Waals surface area contributed by atoms with E-state index in [9.17, 15) is 9.50 Å². The molecular formula is C15H17FN2O. The molecule has 0 bridgehead atoms. The molecule has 0 saturated carbocycles. The Labute approximate surface area is 111 Å². The Bertz CT molecular complexity index is 587. The first-order valence-electron chi connectivity index (χ1n) is 6.66. The van der Waals surface area contributed by atoms with Gasteiger partial charge in [0, 0.05) is 24.2 Å². The molecule has 2 heterocycles. The summed E-state index contributed by atoms with van der Waals surface area (Å²) >= 11 is 0. The lowest BCUT2D eigenvalue weighted by Gasteiger charge is -2.23. The molecule has 3 rings (SSSR count). The number of likely N-dealkylation sites (tertiary alicyclic amines) is 1. The number of fused-ring (bicyclic) bond motifs is 1. The van der Waals surface area contributed by atoms with Crippen LogP contribution in [0.5, 0.6) is 0 Å². The summed E-state index contributed by atoms with van der Waals surface area (Å²) in [6, 6.07) is 7.04. The molecule has 0 radical (unpaired) electrons. The number of aliphatic hydroxyl groups excluding tert-OH is 1. The first kappa shape index (κ1) is 12.5. The maximum absolute atomic E-state index is 13.7. The summed E-state index contributed by atoms with van der Waals surface area (Å²) in [4.78, 5) is 6.56. The van der Waals surface area contributed by atoms with Gasteiger partial charge in [0.25, 0.3) is 0 Å². The summed E-state index contributed by atoms with van der Waals surface area (Å²) in [6.45, 7) is 1.89. The standard InChI is InChI=1S/C15H17FN2O/c16-14-6-5-11(15-13(14)4-1-7-17-15)9-18-8-2-3-12(18)10-19/h1,4-7,12,19H,2-3,8-10H2. The van der Waals surface area contributed by atoms with Crippen LogP contribution in [0.4, 0.5) is 4.39 Å². The van der Waals surface area contributed by atoms with Gasteiger partial charge in [-0.2, -0.15) is 0 Å². The second-order valence-corrected chi connectivity index (χ2v) is 5.06. The predicted molar refractivity (Wildman–Crippen MR) is 72.2 cm³/mol. The van der Waals surface area contributed by atoms with Crippen molar-refractivity contribution in [2.45, 2.75) is 25.4 Å². The van der Waals surface area contributed by atoms with E-state index < -0.39 is 0 Å². The number of nitrogens with zero attached hydrogens (tertiary/aromatic N) is 2. The molecular weight excluding hydrogens is 243 g/mol. The molecule has 2 aromatic rings. The van der Waals surface area contributed by atoms with Crippen LogP contribution in [0.2, 0.25) is 0 Å². The molecule has 1 atom stereocenters. The molecule has 1 fully saturated rings. The van der Waals surface area contributed by atoms with E-state index in [2.05, 4.69) is 9.88 Å². The van der Waals surface area contributed by atoms with E-state index in [1.807, 2.05) is 0 Å². The zero-order valence-electron chi connectivity index (χ0n) is 10.7. The molecule has 1 N–H and O–H groups in total. The number of aliphatic hydroxyl groups is 1. The third kappa shape index (κ3) is 2.33. The van der Waals surface area contributed by atoms with Crippen molar-refractivity contribution in [1.82, 2.24) is 9.88 Å². The minimum atomic E-state index is -0.230. The van der Waals surface area contributed by atoms with E-state index >= 15 is 0 Å². The number of rotatable bonds is 3. The summed E-state index contributed by atoms with van der Waals surface area (Å²) in [7, 11) is 0. The number of pyridine rings is 1. The van der Waals surface area contributed by atoms with E-state index in [0.717, 1.165) is 37.0 Å². The fourth-order valence-electron chi connectivity index (χ4n) is 2.85. The van der Waals surface area contributed by atoms with Gasteiger partial charge in [-0.1, -0.05) is 6.07 Å². The van der Waals surface area contributed by atoms with Crippen LogP contribution in [0.1, 0.15) is 18.4 Å². The summed E-state index contributed by atoms with van der Waals surface area (Å²) in [5.41, 5.74) is 1.75. The van der Waals surface area contributed by atoms with Crippen molar-refractivity contribution in [2.24, 2.45) is 0 Å². The van der Waals surface area contributed by atoms with E-state index in [-0.39, 0.29) is 18.5 Å². The van der Waals surface area contributed by atoms with Crippen LogP contribution < -0.4 is 0 Å². The van der Waals surface area contributed by atoms with Crippen molar-refractivity contribution in [3.05, 3.63) is 41.8 Å². The van der Waals surface area contributed by atoms with Crippen LogP contribution >= 0.6 is 0 Å². The average Bonchev–Trinajstić information content (AvgIpc) is 2.89. The number of hydrogen-bond donors (Lipinski definition) is 1. The van der Waals surface area contributed by atoms with Crippen LogP contribution in [0, 0.1) is 5.82 Å². The van der Waals surface area contributed by atoms with Gasteiger partial charge in [-0.15, -0.1) is 0 Å². The smallest absolute Gasteiger partial charge is 0.132 e. The predicted octanol–water partition coefficient (Wildman–Crippen LogP) is 2.33. The van der Waals surface area contributed by atoms with Crippen LogP contribution in [0.25, 0.3) is 10.9 Å². The number of benzene rings is 1. The fourth-order valence-corrected chi connectivity index (χ4v) is 2.85. The Hall–Kier alpha value is -1.52. The van der Waals surface area contributed by atoms with Gasteiger partial charge < -0.3 is 5.11 Å². The average molecular weight is 260 g/mol. The van der Waals surface area contributed by atoms with Gasteiger partial charge in [-0.3, -0.25) is 9.88 Å². The maximum Gasteiger partial charge on any atom is 0.132 e. The van der Waals surface area contributed by atoms with Crippen LogP contribution in [0.15, 0.2) is 30.5 Å². The van der Waals surface area contributed by atoms with Gasteiger partial charge in [0.2, 0.25) is 0 Å². The van der Waals surface area contributed by atoms with Gasteiger partial charge in [-0.05, 0) is 43.1 Å². The number of hydrogen-bond acceptors (Lipinski definition) is 3. The molecule has 1 aliphatic rings. The lowest BCUT2D eigenvalue weighted by molar-refractivity contribution is 0.154. The fraction of sp³-hybridized carbons (Fsp3) is 0.400. The minimum Gasteiger partial charge on any atom is -0.395 e. The van der Waals surface area contributed by atoms with Gasteiger partial charge in [0.05, 0.1) is 12.1 Å². The van der Waals surface area contributed by atoms with Gasteiger partial charge in [-0.25, -0.2) is 4.39 Å². The van der Waals surface area contributed by atoms with E-state index in [1.165, 1.54) is 6.07 Å². The zero-order valence-corrected chi connectivity index (χ0v) is 10.7. The second-order valence-electron chi connectivity index (χ2n) is 5.06. The number of halogens is 1. The molecule has 4 heteroatoms. The lowest BCUT2D eigenvalue weighted by atomic mass is 10.1. The minimum absolute atomic E-state index is 0.187. The molecule has 19 heavy (non-hydrogen) atoms. The third-order valence-electron chi connectivity index (χ3n) is 3.88. The van der Waals surface area contributed by atoms with E-state index in [4.69, 9.17) is 0 Å². The Morgan fingerprint density at radius 2 is 2.26 bits per heavy atom. The molecule has 0 aliphatic carbocycles. The maximum atomic E-state index is 13.7. The molecule has 100 valence electrons. The van der Waals surface area contributed by atoms with Gasteiger partial charge in [0.1, 0.15) is 5.82 Å². The van der Waals surface area contributed by atoms with Crippen molar-refractivity contribution in [2.75, 3.05) is 13.2 Å². The molecule has 1 aliphatic heterocycles. The highest BCUT2D eigenvalue weighted by Gasteiger charge is 2.24. The molecule has 1 saturated heterocycles. The monoisotopic (exact) mass is 260 g/mol. The first-order chi connectivity index (χ1) is 9.29. The normalized spacial score (nSPS) is 20.2. The highest BCUT2D eigenvalue weighted by molar-refractivity contribution is 5.82. The highest BCUT2D eigenvalue weighted by atomic mass is 19.1. The molecule has 3 nitrogen and oxygen atoms in total. The first-order valence-corrected chi connectivity index (χ1v) is 6.66. The molecule has 1 aromatic heterocycles. The quantitative estimate of drug-likeness (QED) is 0.920. The van der Waals surface area contributed by atoms with Gasteiger partial charge >= 0.3 is 0 Å². The van der Waals surface area contributed by atoms with E-state index in [1.54, 1.807) is 24.4 Å². The van der Waals surface area contributed by atoms with Crippen molar-refractivity contribution < 1.29 is 9.50 Å². The zero-order chi connectivity index (χ0) is 13.2. The largest absolute Gasteiger partial charge is 0.395 e. The third-order valence-corrected chi connectivity index (χ3v) is 3.88. The Morgan fingerprint density at radius 1 is 1.37 bits per heavy atom. The molecule has 0 amide bonds.